The van der Waals surface area contributed by atoms with Crippen LogP contribution in [0, 0.1) is 0 Å². The molecule has 0 radical (unpaired) electrons. The van der Waals surface area contributed by atoms with Gasteiger partial charge in [0.05, 0.1) is 12.2 Å². The number of halogens is 1. The molecule has 0 N–H and O–H groups in total. The Bertz CT molecular complexity index is 485. The van der Waals surface area contributed by atoms with Crippen LogP contribution in [-0.4, -0.2) is 40.8 Å². The number of nitrogens with zero attached hydrogens (tertiary/aromatic N) is 2. The maximum Gasteiger partial charge on any atom is 0.410 e. The van der Waals surface area contributed by atoms with E-state index in [2.05, 4.69) is 4.98 Å². The van der Waals surface area contributed by atoms with Gasteiger partial charge < -0.3 is 14.4 Å². The molecule has 0 aromatic carbocycles. The molecule has 5 nitrogen and oxygen atoms in total. The second kappa shape index (κ2) is 6.52. The van der Waals surface area contributed by atoms with Crippen LogP contribution in [0.25, 0.3) is 0 Å². The maximum absolute atomic E-state index is 12.1. The van der Waals surface area contributed by atoms with Gasteiger partial charge >= 0.3 is 6.09 Å². The molecule has 1 fully saturated rings. The zero-order chi connectivity index (χ0) is 15.5. The second-order valence-corrected chi connectivity index (χ2v) is 6.48. The molecule has 0 aliphatic carbocycles. The molecule has 21 heavy (non-hydrogen) atoms. The number of amides is 1. The molecule has 2 heterocycles. The molecule has 1 amide bonds. The van der Waals surface area contributed by atoms with Crippen LogP contribution in [0.4, 0.5) is 4.79 Å². The summed E-state index contributed by atoms with van der Waals surface area (Å²) in [5, 5.41) is 0.429. The SMILES string of the molecule is CC(C)(C)OC(=O)N1CCCC1COc1ccc(Cl)nc1. The van der Waals surface area contributed by atoms with E-state index in [0.717, 1.165) is 12.8 Å². The molecule has 116 valence electrons. The molecular weight excluding hydrogens is 292 g/mol. The van der Waals surface area contributed by atoms with E-state index in [1.165, 1.54) is 0 Å². The molecule has 1 aromatic heterocycles. The monoisotopic (exact) mass is 312 g/mol. The van der Waals surface area contributed by atoms with Gasteiger partial charge in [-0.2, -0.15) is 0 Å². The van der Waals surface area contributed by atoms with E-state index in [1.807, 2.05) is 20.8 Å². The molecule has 1 aromatic rings. The van der Waals surface area contributed by atoms with Gasteiger partial charge in [-0.05, 0) is 45.7 Å². The molecule has 0 saturated carbocycles. The first kappa shape index (κ1) is 15.9. The van der Waals surface area contributed by atoms with Crippen LogP contribution in [0.1, 0.15) is 33.6 Å². The molecule has 1 aliphatic rings. The van der Waals surface area contributed by atoms with Crippen molar-refractivity contribution >= 4 is 17.7 Å². The van der Waals surface area contributed by atoms with Crippen molar-refractivity contribution in [2.45, 2.75) is 45.3 Å². The Labute approximate surface area is 130 Å². The predicted molar refractivity (Wildman–Crippen MR) is 80.7 cm³/mol. The van der Waals surface area contributed by atoms with Crippen molar-refractivity contribution in [2.75, 3.05) is 13.2 Å². The lowest BCUT2D eigenvalue weighted by atomic mass is 10.2. The van der Waals surface area contributed by atoms with Crippen LogP contribution >= 0.6 is 11.6 Å². The number of pyridine rings is 1. The number of hydrogen-bond donors (Lipinski definition) is 0. The van der Waals surface area contributed by atoms with Crippen LogP contribution in [0.2, 0.25) is 5.15 Å². The third-order valence-corrected chi connectivity index (χ3v) is 3.37. The van der Waals surface area contributed by atoms with Gasteiger partial charge in [-0.15, -0.1) is 0 Å². The van der Waals surface area contributed by atoms with Crippen molar-refractivity contribution in [2.24, 2.45) is 0 Å². The first-order chi connectivity index (χ1) is 9.85. The predicted octanol–water partition coefficient (Wildman–Crippen LogP) is 3.51. The van der Waals surface area contributed by atoms with E-state index in [4.69, 9.17) is 21.1 Å². The Morgan fingerprint density at radius 3 is 2.86 bits per heavy atom. The lowest BCUT2D eigenvalue weighted by Gasteiger charge is -2.28. The van der Waals surface area contributed by atoms with E-state index in [-0.39, 0.29) is 12.1 Å². The molecule has 6 heteroatoms. The van der Waals surface area contributed by atoms with Gasteiger partial charge in [-0.1, -0.05) is 11.6 Å². The Morgan fingerprint density at radius 2 is 2.24 bits per heavy atom. The molecule has 0 bridgehead atoms. The number of hydrogen-bond acceptors (Lipinski definition) is 4. The molecule has 1 unspecified atom stereocenters. The second-order valence-electron chi connectivity index (χ2n) is 6.10. The number of ether oxygens (including phenoxy) is 2. The highest BCUT2D eigenvalue weighted by Crippen LogP contribution is 2.22. The highest BCUT2D eigenvalue weighted by molar-refractivity contribution is 6.29. The lowest BCUT2D eigenvalue weighted by molar-refractivity contribution is 0.0187. The molecule has 0 spiro atoms. The third-order valence-electron chi connectivity index (χ3n) is 3.15. The number of carbonyl (C=O) groups excluding carboxylic acids is 1. The molecule has 1 atom stereocenters. The van der Waals surface area contributed by atoms with Crippen LogP contribution in [0.3, 0.4) is 0 Å². The minimum Gasteiger partial charge on any atom is -0.490 e. The van der Waals surface area contributed by atoms with Gasteiger partial charge in [0.2, 0.25) is 0 Å². The average Bonchev–Trinajstić information content (AvgIpc) is 2.84. The summed E-state index contributed by atoms with van der Waals surface area (Å²) in [5.41, 5.74) is -0.481. The van der Waals surface area contributed by atoms with Crippen molar-refractivity contribution in [3.63, 3.8) is 0 Å². The summed E-state index contributed by atoms with van der Waals surface area (Å²) in [6.07, 6.45) is 3.18. The first-order valence-corrected chi connectivity index (χ1v) is 7.47. The third kappa shape index (κ3) is 4.77. The van der Waals surface area contributed by atoms with Gasteiger partial charge in [0, 0.05) is 6.54 Å². The highest BCUT2D eigenvalue weighted by Gasteiger charge is 2.32. The van der Waals surface area contributed by atoms with E-state index in [0.29, 0.717) is 24.1 Å². The maximum atomic E-state index is 12.1. The Kier molecular flexibility index (Phi) is 4.93. The van der Waals surface area contributed by atoms with Gasteiger partial charge in [0.25, 0.3) is 0 Å². The van der Waals surface area contributed by atoms with Crippen molar-refractivity contribution in [1.82, 2.24) is 9.88 Å². The van der Waals surface area contributed by atoms with Crippen molar-refractivity contribution in [3.05, 3.63) is 23.5 Å². The zero-order valence-corrected chi connectivity index (χ0v) is 13.4. The van der Waals surface area contributed by atoms with Crippen LogP contribution in [0.15, 0.2) is 18.3 Å². The van der Waals surface area contributed by atoms with E-state index in [1.54, 1.807) is 23.2 Å². The number of likely N-dealkylation sites (tertiary alicyclic amines) is 1. The number of rotatable bonds is 3. The number of carbonyl (C=O) groups is 1. The van der Waals surface area contributed by atoms with E-state index < -0.39 is 5.60 Å². The lowest BCUT2D eigenvalue weighted by Crippen LogP contribution is -2.42. The fraction of sp³-hybridized carbons (Fsp3) is 0.600. The minimum absolute atomic E-state index is 0.0375. The molecule has 1 aliphatic heterocycles. The molecule has 1 saturated heterocycles. The largest absolute Gasteiger partial charge is 0.490 e. The van der Waals surface area contributed by atoms with Crippen molar-refractivity contribution in [1.29, 1.82) is 0 Å². The van der Waals surface area contributed by atoms with Crippen LogP contribution in [0.5, 0.6) is 5.75 Å². The number of aromatic nitrogens is 1. The van der Waals surface area contributed by atoms with Crippen LogP contribution < -0.4 is 4.74 Å². The van der Waals surface area contributed by atoms with E-state index in [9.17, 15) is 4.79 Å². The Balaban J connectivity index is 1.90. The fourth-order valence-corrected chi connectivity index (χ4v) is 2.32. The van der Waals surface area contributed by atoms with Crippen molar-refractivity contribution in [3.8, 4) is 5.75 Å². The Hall–Kier alpha value is -1.49. The highest BCUT2D eigenvalue weighted by atomic mass is 35.5. The van der Waals surface area contributed by atoms with Gasteiger partial charge in [0.15, 0.2) is 0 Å². The van der Waals surface area contributed by atoms with E-state index >= 15 is 0 Å². The summed E-state index contributed by atoms with van der Waals surface area (Å²) in [6, 6.07) is 3.48. The molecule has 2 rings (SSSR count). The summed E-state index contributed by atoms with van der Waals surface area (Å²) >= 11 is 5.73. The standard InChI is InChI=1S/C15H21ClN2O3/c1-15(2,3)21-14(19)18-8-4-5-11(18)10-20-12-6-7-13(16)17-9-12/h6-7,9,11H,4-5,8,10H2,1-3H3. The smallest absolute Gasteiger partial charge is 0.410 e. The quantitative estimate of drug-likeness (QED) is 0.801. The van der Waals surface area contributed by atoms with Gasteiger partial charge in [-0.25, -0.2) is 9.78 Å². The van der Waals surface area contributed by atoms with Gasteiger partial charge in [0.1, 0.15) is 23.1 Å². The first-order valence-electron chi connectivity index (χ1n) is 7.09. The Morgan fingerprint density at radius 1 is 1.48 bits per heavy atom. The average molecular weight is 313 g/mol. The minimum atomic E-state index is -0.481. The zero-order valence-electron chi connectivity index (χ0n) is 12.6. The summed E-state index contributed by atoms with van der Waals surface area (Å²) in [4.78, 5) is 17.9. The van der Waals surface area contributed by atoms with Crippen LogP contribution in [-0.2, 0) is 4.74 Å². The summed E-state index contributed by atoms with van der Waals surface area (Å²) < 4.78 is 11.1. The molecular formula is C15H21ClN2O3. The van der Waals surface area contributed by atoms with Crippen molar-refractivity contribution < 1.29 is 14.3 Å². The van der Waals surface area contributed by atoms with Gasteiger partial charge in [-0.3, -0.25) is 0 Å². The topological polar surface area (TPSA) is 51.7 Å². The summed E-state index contributed by atoms with van der Waals surface area (Å²) in [6.45, 7) is 6.74. The fourth-order valence-electron chi connectivity index (χ4n) is 2.21. The summed E-state index contributed by atoms with van der Waals surface area (Å²) in [5.74, 6) is 0.649. The summed E-state index contributed by atoms with van der Waals surface area (Å²) in [7, 11) is 0. The normalized spacial score (nSPS) is 18.7.